The minimum atomic E-state index is -0.443. The van der Waals surface area contributed by atoms with Crippen LogP contribution in [0.4, 0.5) is 5.69 Å². The minimum Gasteiger partial charge on any atom is -0.307 e. The van der Waals surface area contributed by atoms with E-state index >= 15 is 0 Å². The summed E-state index contributed by atoms with van der Waals surface area (Å²) in [5.41, 5.74) is 2.51. The molecule has 0 amide bonds. The number of ketones is 1. The van der Waals surface area contributed by atoms with Crippen molar-refractivity contribution < 1.29 is 9.72 Å². The molecular weight excluding hydrogens is 330 g/mol. The fraction of sp³-hybridized carbons (Fsp3) is 0.176. The highest BCUT2D eigenvalue weighted by molar-refractivity contribution is 6.29. The van der Waals surface area contributed by atoms with E-state index in [2.05, 4.69) is 4.98 Å². The van der Waals surface area contributed by atoms with Gasteiger partial charge in [0.05, 0.1) is 22.5 Å². The number of benzene rings is 2. The number of rotatable bonds is 6. The standard InChI is InChI=1S/C17H14ClN3O3/c18-17-19-15-3-1-2-4-16(15)20(17)11-14(22)10-7-12-5-8-13(9-6-12)21(23)24/h1-6,8-9H,7,10-11H2. The Morgan fingerprint density at radius 1 is 1.17 bits per heavy atom. The number of carbonyl (C=O) groups excluding carboxylic acids is 1. The number of nitro benzene ring substituents is 1. The third-order valence-electron chi connectivity index (χ3n) is 3.78. The molecule has 0 aliphatic rings. The first-order valence-electron chi connectivity index (χ1n) is 7.40. The van der Waals surface area contributed by atoms with Crippen LogP contribution in [0.25, 0.3) is 11.0 Å². The van der Waals surface area contributed by atoms with Crippen molar-refractivity contribution in [2.24, 2.45) is 0 Å². The van der Waals surface area contributed by atoms with Crippen molar-refractivity contribution >= 4 is 34.1 Å². The molecule has 0 radical (unpaired) electrons. The molecule has 0 spiro atoms. The summed E-state index contributed by atoms with van der Waals surface area (Å²) in [6, 6.07) is 13.7. The zero-order valence-corrected chi connectivity index (χ0v) is 13.4. The number of nitro groups is 1. The van der Waals surface area contributed by atoms with Crippen molar-refractivity contribution in [1.82, 2.24) is 9.55 Å². The number of imidazole rings is 1. The second-order valence-electron chi connectivity index (χ2n) is 5.42. The maximum Gasteiger partial charge on any atom is 0.269 e. The molecule has 0 fully saturated rings. The topological polar surface area (TPSA) is 78.0 Å². The highest BCUT2D eigenvalue weighted by Crippen LogP contribution is 2.20. The maximum atomic E-state index is 12.2. The van der Waals surface area contributed by atoms with Crippen molar-refractivity contribution in [3.63, 3.8) is 0 Å². The van der Waals surface area contributed by atoms with Crippen LogP contribution in [0.1, 0.15) is 12.0 Å². The highest BCUT2D eigenvalue weighted by atomic mass is 35.5. The molecule has 3 rings (SSSR count). The summed E-state index contributed by atoms with van der Waals surface area (Å²) >= 11 is 6.11. The minimum absolute atomic E-state index is 0.0263. The quantitative estimate of drug-likeness (QED) is 0.503. The van der Waals surface area contributed by atoms with Gasteiger partial charge >= 0.3 is 0 Å². The number of nitrogens with zero attached hydrogens (tertiary/aromatic N) is 3. The van der Waals surface area contributed by atoms with Gasteiger partial charge in [0.2, 0.25) is 5.28 Å². The lowest BCUT2D eigenvalue weighted by molar-refractivity contribution is -0.384. The van der Waals surface area contributed by atoms with Crippen LogP contribution >= 0.6 is 11.6 Å². The summed E-state index contributed by atoms with van der Waals surface area (Å²) in [6.45, 7) is 0.159. The molecule has 0 aliphatic carbocycles. The summed E-state index contributed by atoms with van der Waals surface area (Å²) < 4.78 is 1.69. The maximum absolute atomic E-state index is 12.2. The lowest BCUT2D eigenvalue weighted by Crippen LogP contribution is -2.11. The Balaban J connectivity index is 1.65. The van der Waals surface area contributed by atoms with E-state index in [-0.39, 0.29) is 18.0 Å². The molecule has 24 heavy (non-hydrogen) atoms. The van der Waals surface area contributed by atoms with Gasteiger partial charge in [-0.25, -0.2) is 4.98 Å². The first-order valence-corrected chi connectivity index (χ1v) is 7.78. The lowest BCUT2D eigenvalue weighted by Gasteiger charge is -2.05. The lowest BCUT2D eigenvalue weighted by atomic mass is 10.1. The highest BCUT2D eigenvalue weighted by Gasteiger charge is 2.12. The van der Waals surface area contributed by atoms with Gasteiger partial charge in [0.1, 0.15) is 0 Å². The predicted molar refractivity (Wildman–Crippen MR) is 91.2 cm³/mol. The molecule has 0 saturated carbocycles. The van der Waals surface area contributed by atoms with E-state index in [1.165, 1.54) is 12.1 Å². The Bertz CT molecular complexity index is 903. The number of aromatic nitrogens is 2. The molecule has 7 heteroatoms. The molecule has 0 atom stereocenters. The molecular formula is C17H14ClN3O3. The van der Waals surface area contributed by atoms with Gasteiger partial charge in [-0.1, -0.05) is 24.3 Å². The molecule has 0 bridgehead atoms. The van der Waals surface area contributed by atoms with Crippen LogP contribution in [0.5, 0.6) is 0 Å². The number of carbonyl (C=O) groups is 1. The molecule has 6 nitrogen and oxygen atoms in total. The summed E-state index contributed by atoms with van der Waals surface area (Å²) in [5.74, 6) is 0.0263. The van der Waals surface area contributed by atoms with Crippen LogP contribution in [0.3, 0.4) is 0 Å². The van der Waals surface area contributed by atoms with E-state index in [0.29, 0.717) is 18.1 Å². The van der Waals surface area contributed by atoms with Crippen LogP contribution in [-0.2, 0) is 17.8 Å². The van der Waals surface area contributed by atoms with Gasteiger partial charge in [-0.3, -0.25) is 14.9 Å². The zero-order chi connectivity index (χ0) is 17.1. The van der Waals surface area contributed by atoms with E-state index in [1.54, 1.807) is 16.7 Å². The molecule has 0 N–H and O–H groups in total. The zero-order valence-electron chi connectivity index (χ0n) is 12.7. The third kappa shape index (κ3) is 3.44. The largest absolute Gasteiger partial charge is 0.307 e. The second kappa shape index (κ2) is 6.80. The van der Waals surface area contributed by atoms with Gasteiger partial charge in [0, 0.05) is 18.6 Å². The monoisotopic (exact) mass is 343 g/mol. The summed E-state index contributed by atoms with van der Waals surface area (Å²) in [5, 5.41) is 10.9. The average Bonchev–Trinajstić information content (AvgIpc) is 2.89. The van der Waals surface area contributed by atoms with Crippen LogP contribution in [0, 0.1) is 10.1 Å². The molecule has 2 aromatic carbocycles. The Hall–Kier alpha value is -2.73. The Morgan fingerprint density at radius 3 is 2.58 bits per heavy atom. The van der Waals surface area contributed by atoms with Crippen molar-refractivity contribution in [3.05, 3.63) is 69.5 Å². The predicted octanol–water partition coefficient (Wildman–Crippen LogP) is 3.80. The number of aryl methyl sites for hydroxylation is 1. The molecule has 1 aromatic heterocycles. The molecule has 0 unspecified atom stereocenters. The normalized spacial score (nSPS) is 10.9. The van der Waals surface area contributed by atoms with Crippen LogP contribution < -0.4 is 0 Å². The van der Waals surface area contributed by atoms with E-state index in [9.17, 15) is 14.9 Å². The number of para-hydroxylation sites is 2. The molecule has 3 aromatic rings. The number of halogens is 1. The fourth-order valence-electron chi connectivity index (χ4n) is 2.52. The van der Waals surface area contributed by atoms with Gasteiger partial charge in [-0.05, 0) is 35.7 Å². The van der Waals surface area contributed by atoms with Crippen molar-refractivity contribution in [3.8, 4) is 0 Å². The number of Topliss-reactive ketones (excluding diaryl/α,β-unsaturated/α-hetero) is 1. The fourth-order valence-corrected chi connectivity index (χ4v) is 2.76. The van der Waals surface area contributed by atoms with Crippen molar-refractivity contribution in [2.45, 2.75) is 19.4 Å². The van der Waals surface area contributed by atoms with E-state index in [4.69, 9.17) is 11.6 Å². The van der Waals surface area contributed by atoms with Crippen LogP contribution in [-0.4, -0.2) is 20.3 Å². The van der Waals surface area contributed by atoms with Crippen LogP contribution in [0.15, 0.2) is 48.5 Å². The number of fused-ring (bicyclic) bond motifs is 1. The second-order valence-corrected chi connectivity index (χ2v) is 5.76. The SMILES string of the molecule is O=C(CCc1ccc([N+](=O)[O-])cc1)Cn1c(Cl)nc2ccccc21. The Labute approximate surface area is 142 Å². The first kappa shape index (κ1) is 16.1. The van der Waals surface area contributed by atoms with Crippen molar-refractivity contribution in [1.29, 1.82) is 0 Å². The Morgan fingerprint density at radius 2 is 1.88 bits per heavy atom. The van der Waals surface area contributed by atoms with Gasteiger partial charge in [0.15, 0.2) is 5.78 Å². The van der Waals surface area contributed by atoms with E-state index in [1.807, 2.05) is 24.3 Å². The molecule has 0 saturated heterocycles. The van der Waals surface area contributed by atoms with E-state index in [0.717, 1.165) is 16.6 Å². The van der Waals surface area contributed by atoms with Gasteiger partial charge in [0.25, 0.3) is 5.69 Å². The first-order chi connectivity index (χ1) is 11.5. The van der Waals surface area contributed by atoms with Gasteiger partial charge < -0.3 is 4.57 Å². The van der Waals surface area contributed by atoms with Gasteiger partial charge in [-0.2, -0.15) is 0 Å². The number of non-ortho nitro benzene ring substituents is 1. The smallest absolute Gasteiger partial charge is 0.269 e. The van der Waals surface area contributed by atoms with Crippen LogP contribution in [0.2, 0.25) is 5.28 Å². The molecule has 1 heterocycles. The van der Waals surface area contributed by atoms with Crippen molar-refractivity contribution in [2.75, 3.05) is 0 Å². The summed E-state index contributed by atoms with van der Waals surface area (Å²) in [6.07, 6.45) is 0.863. The Kier molecular flexibility index (Phi) is 4.57. The summed E-state index contributed by atoms with van der Waals surface area (Å²) in [4.78, 5) is 26.6. The number of hydrogen-bond acceptors (Lipinski definition) is 4. The van der Waals surface area contributed by atoms with Gasteiger partial charge in [-0.15, -0.1) is 0 Å². The molecule has 0 aliphatic heterocycles. The third-order valence-corrected chi connectivity index (χ3v) is 4.07. The molecule has 122 valence electrons. The van der Waals surface area contributed by atoms with E-state index < -0.39 is 4.92 Å². The number of hydrogen-bond donors (Lipinski definition) is 0. The average molecular weight is 344 g/mol. The summed E-state index contributed by atoms with van der Waals surface area (Å²) in [7, 11) is 0.